The molecular weight excluding hydrogens is 498 g/mol. The quantitative estimate of drug-likeness (QED) is 0.166. The van der Waals surface area contributed by atoms with Gasteiger partial charge in [0.05, 0.1) is 30.9 Å². The van der Waals surface area contributed by atoms with Crippen molar-refractivity contribution in [1.82, 2.24) is 0 Å². The predicted octanol–water partition coefficient (Wildman–Crippen LogP) is 5.72. The molecule has 39 heavy (non-hydrogen) atoms. The minimum absolute atomic E-state index is 0.00750. The SMILES string of the molecule is CCCOC(=O)c1cccc(N2C(=O)C(=O)/C(=C(\O)c3ccc(OC)c(C(C)C)c3)C2c2ccc(O)cc2)c1. The molecule has 8 heteroatoms. The summed E-state index contributed by atoms with van der Waals surface area (Å²) in [6.45, 7) is 6.10. The van der Waals surface area contributed by atoms with Crippen LogP contribution in [0.3, 0.4) is 0 Å². The monoisotopic (exact) mass is 529 g/mol. The average molecular weight is 530 g/mol. The fraction of sp³-hybridized carbons (Fsp3) is 0.258. The van der Waals surface area contributed by atoms with Crippen molar-refractivity contribution < 1.29 is 34.1 Å². The first-order valence-corrected chi connectivity index (χ1v) is 12.7. The van der Waals surface area contributed by atoms with Gasteiger partial charge in [-0.2, -0.15) is 0 Å². The van der Waals surface area contributed by atoms with Gasteiger partial charge in [0.25, 0.3) is 11.7 Å². The number of carbonyl (C=O) groups excluding carboxylic acids is 3. The van der Waals surface area contributed by atoms with E-state index in [1.54, 1.807) is 55.6 Å². The number of amides is 1. The molecule has 2 N–H and O–H groups in total. The van der Waals surface area contributed by atoms with Crippen molar-refractivity contribution in [3.8, 4) is 11.5 Å². The first-order chi connectivity index (χ1) is 18.7. The summed E-state index contributed by atoms with van der Waals surface area (Å²) in [5.74, 6) is -1.89. The molecule has 1 aliphatic heterocycles. The van der Waals surface area contributed by atoms with Crippen LogP contribution < -0.4 is 9.64 Å². The van der Waals surface area contributed by atoms with Crippen molar-refractivity contribution in [3.63, 3.8) is 0 Å². The molecule has 1 atom stereocenters. The molecule has 1 amide bonds. The summed E-state index contributed by atoms with van der Waals surface area (Å²) in [6, 6.07) is 16.4. The number of Topliss-reactive ketones (excluding diaryl/α,β-unsaturated/α-hetero) is 1. The summed E-state index contributed by atoms with van der Waals surface area (Å²) >= 11 is 0. The Labute approximate surface area is 227 Å². The highest BCUT2D eigenvalue weighted by Crippen LogP contribution is 2.43. The fourth-order valence-electron chi connectivity index (χ4n) is 4.62. The highest BCUT2D eigenvalue weighted by Gasteiger charge is 2.47. The smallest absolute Gasteiger partial charge is 0.338 e. The van der Waals surface area contributed by atoms with Gasteiger partial charge in [0.2, 0.25) is 0 Å². The molecule has 1 aliphatic rings. The van der Waals surface area contributed by atoms with Crippen LogP contribution in [0.15, 0.2) is 72.3 Å². The second-order valence-corrected chi connectivity index (χ2v) is 9.56. The number of nitrogens with zero attached hydrogens (tertiary/aromatic N) is 1. The zero-order valence-corrected chi connectivity index (χ0v) is 22.3. The molecule has 0 aliphatic carbocycles. The summed E-state index contributed by atoms with van der Waals surface area (Å²) in [6.07, 6.45) is 0.658. The summed E-state index contributed by atoms with van der Waals surface area (Å²) in [5.41, 5.74) is 2.09. The number of phenolic OH excluding ortho intramolecular Hbond substituents is 1. The van der Waals surface area contributed by atoms with E-state index < -0.39 is 23.7 Å². The molecule has 4 rings (SSSR count). The van der Waals surface area contributed by atoms with Crippen LogP contribution in [-0.4, -0.2) is 41.6 Å². The Hall–Kier alpha value is -4.59. The number of hydrogen-bond acceptors (Lipinski definition) is 7. The number of aliphatic hydroxyl groups excluding tert-OH is 1. The van der Waals surface area contributed by atoms with Gasteiger partial charge in [0.1, 0.15) is 17.3 Å². The van der Waals surface area contributed by atoms with E-state index in [-0.39, 0.29) is 40.9 Å². The molecule has 1 saturated heterocycles. The third-order valence-electron chi connectivity index (χ3n) is 6.58. The van der Waals surface area contributed by atoms with E-state index in [2.05, 4.69) is 0 Å². The summed E-state index contributed by atoms with van der Waals surface area (Å²) < 4.78 is 10.7. The number of methoxy groups -OCH3 is 1. The molecule has 1 heterocycles. The van der Waals surface area contributed by atoms with Crippen LogP contribution in [-0.2, 0) is 14.3 Å². The minimum atomic E-state index is -1.02. The van der Waals surface area contributed by atoms with Crippen molar-refractivity contribution >= 4 is 29.1 Å². The lowest BCUT2D eigenvalue weighted by atomic mass is 9.93. The summed E-state index contributed by atoms with van der Waals surface area (Å²) in [5, 5.41) is 21.4. The Bertz CT molecular complexity index is 1440. The molecule has 1 fully saturated rings. The maximum Gasteiger partial charge on any atom is 0.338 e. The van der Waals surface area contributed by atoms with Gasteiger partial charge in [-0.05, 0) is 72.0 Å². The molecule has 0 aromatic heterocycles. The topological polar surface area (TPSA) is 113 Å². The molecule has 3 aromatic rings. The fourth-order valence-corrected chi connectivity index (χ4v) is 4.62. The highest BCUT2D eigenvalue weighted by atomic mass is 16.5. The number of esters is 1. The zero-order valence-electron chi connectivity index (χ0n) is 22.3. The second kappa shape index (κ2) is 11.4. The molecule has 0 bridgehead atoms. The lowest BCUT2D eigenvalue weighted by Crippen LogP contribution is -2.29. The van der Waals surface area contributed by atoms with Crippen LogP contribution in [0.2, 0.25) is 0 Å². The van der Waals surface area contributed by atoms with Crippen molar-refractivity contribution in [2.75, 3.05) is 18.6 Å². The number of ether oxygens (including phenoxy) is 2. The molecule has 0 spiro atoms. The van der Waals surface area contributed by atoms with E-state index in [1.807, 2.05) is 20.8 Å². The number of carbonyl (C=O) groups is 3. The summed E-state index contributed by atoms with van der Waals surface area (Å²) in [7, 11) is 1.56. The number of aromatic hydroxyl groups is 1. The van der Waals surface area contributed by atoms with Gasteiger partial charge >= 0.3 is 5.97 Å². The summed E-state index contributed by atoms with van der Waals surface area (Å²) in [4.78, 5) is 40.7. The number of anilines is 1. The Kier molecular flexibility index (Phi) is 8.04. The third kappa shape index (κ3) is 5.36. The van der Waals surface area contributed by atoms with Crippen LogP contribution in [0.25, 0.3) is 5.76 Å². The van der Waals surface area contributed by atoms with Crippen molar-refractivity contribution in [2.45, 2.75) is 39.2 Å². The maximum atomic E-state index is 13.5. The maximum absolute atomic E-state index is 13.5. The second-order valence-electron chi connectivity index (χ2n) is 9.56. The van der Waals surface area contributed by atoms with E-state index in [0.717, 1.165) is 5.56 Å². The van der Waals surface area contributed by atoms with Gasteiger partial charge in [-0.25, -0.2) is 4.79 Å². The number of aliphatic hydroxyl groups is 1. The number of ketones is 1. The van der Waals surface area contributed by atoms with Gasteiger partial charge in [0.15, 0.2) is 0 Å². The van der Waals surface area contributed by atoms with E-state index in [0.29, 0.717) is 23.3 Å². The zero-order chi connectivity index (χ0) is 28.3. The molecule has 8 nitrogen and oxygen atoms in total. The number of benzene rings is 3. The minimum Gasteiger partial charge on any atom is -0.508 e. The predicted molar refractivity (Wildman–Crippen MR) is 147 cm³/mol. The molecule has 0 saturated carbocycles. The van der Waals surface area contributed by atoms with Gasteiger partial charge in [-0.3, -0.25) is 14.5 Å². The average Bonchev–Trinajstić information content (AvgIpc) is 3.21. The van der Waals surface area contributed by atoms with Gasteiger partial charge in [-0.1, -0.05) is 39.0 Å². The Balaban J connectivity index is 1.89. The van der Waals surface area contributed by atoms with Crippen LogP contribution in [0.1, 0.15) is 66.2 Å². The van der Waals surface area contributed by atoms with Gasteiger partial charge < -0.3 is 19.7 Å². The van der Waals surface area contributed by atoms with Crippen molar-refractivity contribution in [3.05, 3.63) is 94.6 Å². The van der Waals surface area contributed by atoms with Crippen LogP contribution in [0.4, 0.5) is 5.69 Å². The Morgan fingerprint density at radius 3 is 2.36 bits per heavy atom. The van der Waals surface area contributed by atoms with Crippen molar-refractivity contribution in [1.29, 1.82) is 0 Å². The number of phenols is 1. The van der Waals surface area contributed by atoms with Gasteiger partial charge in [0, 0.05) is 11.3 Å². The Morgan fingerprint density at radius 1 is 1.00 bits per heavy atom. The largest absolute Gasteiger partial charge is 0.508 e. The van der Waals surface area contributed by atoms with E-state index >= 15 is 0 Å². The van der Waals surface area contributed by atoms with E-state index in [1.165, 1.54) is 23.1 Å². The molecule has 0 radical (unpaired) electrons. The highest BCUT2D eigenvalue weighted by molar-refractivity contribution is 6.51. The van der Waals surface area contributed by atoms with Crippen LogP contribution in [0, 0.1) is 0 Å². The van der Waals surface area contributed by atoms with Crippen molar-refractivity contribution in [2.24, 2.45) is 0 Å². The number of rotatable bonds is 8. The Morgan fingerprint density at radius 2 is 1.72 bits per heavy atom. The van der Waals surface area contributed by atoms with Gasteiger partial charge in [-0.15, -0.1) is 0 Å². The molecule has 3 aromatic carbocycles. The molecule has 202 valence electrons. The normalized spacial score (nSPS) is 16.5. The molecular formula is C31H31NO7. The lowest BCUT2D eigenvalue weighted by molar-refractivity contribution is -0.132. The third-order valence-corrected chi connectivity index (χ3v) is 6.58. The van der Waals surface area contributed by atoms with E-state index in [9.17, 15) is 24.6 Å². The van der Waals surface area contributed by atoms with Crippen LogP contribution >= 0.6 is 0 Å². The number of hydrogen-bond donors (Lipinski definition) is 2. The first-order valence-electron chi connectivity index (χ1n) is 12.7. The first kappa shape index (κ1) is 27.4. The molecule has 1 unspecified atom stereocenters. The standard InChI is InChI=1S/C31H31NO7/c1-5-15-39-31(37)21-7-6-8-22(16-21)32-27(19-9-12-23(33)13-10-19)26(29(35)30(32)36)28(34)20-11-14-25(38-4)24(17-20)18(2)3/h6-14,16-18,27,33-34H,5,15H2,1-4H3/b28-26-. The van der Waals surface area contributed by atoms with E-state index in [4.69, 9.17) is 9.47 Å². The lowest BCUT2D eigenvalue weighted by Gasteiger charge is -2.26. The van der Waals surface area contributed by atoms with Crippen LogP contribution in [0.5, 0.6) is 11.5 Å².